The quantitative estimate of drug-likeness (QED) is 0.443. The third kappa shape index (κ3) is 3.41. The molecule has 0 nitrogen and oxygen atoms in total. The van der Waals surface area contributed by atoms with Crippen LogP contribution >= 0.6 is 0 Å². The minimum atomic E-state index is 0.666. The van der Waals surface area contributed by atoms with Crippen LogP contribution in [-0.2, 0) is 0 Å². The summed E-state index contributed by atoms with van der Waals surface area (Å²) in [5.41, 5.74) is 1.37. The molecule has 0 aliphatic heterocycles. The standard InChI is InChI=1S/C28H50/c1-19(2)20(3)10-11-21(4)24-14-15-25-23-13-12-22-9-7-8-17-27(22,5)26(23)16-18-28(24,25)6/h19-26H,7-18H2,1-6H3/t20-,21+,22+,23-,24+,25+,26-,27-,28+/m0/s1. The van der Waals surface area contributed by atoms with Crippen LogP contribution in [0.1, 0.15) is 119 Å². The van der Waals surface area contributed by atoms with Gasteiger partial charge in [0.05, 0.1) is 0 Å². The number of fused-ring (bicyclic) bond motifs is 5. The summed E-state index contributed by atoms with van der Waals surface area (Å²) in [5.74, 6) is 7.96. The number of hydrogen-bond donors (Lipinski definition) is 0. The maximum atomic E-state index is 2.75. The molecule has 4 aliphatic rings. The van der Waals surface area contributed by atoms with Gasteiger partial charge in [-0.2, -0.15) is 0 Å². The molecule has 0 radical (unpaired) electrons. The third-order valence-electron chi connectivity index (χ3n) is 11.6. The van der Waals surface area contributed by atoms with Crippen LogP contribution in [0.15, 0.2) is 0 Å². The Bertz CT molecular complexity index is 534. The van der Waals surface area contributed by atoms with Crippen LogP contribution in [0, 0.1) is 58.2 Å². The van der Waals surface area contributed by atoms with Crippen molar-refractivity contribution in [1.29, 1.82) is 0 Å². The average Bonchev–Trinajstić information content (AvgIpc) is 3.02. The maximum Gasteiger partial charge on any atom is -0.0264 e. The Kier molecular flexibility index (Phi) is 6.01. The molecular formula is C28H50. The lowest BCUT2D eigenvalue weighted by atomic mass is 9.44. The van der Waals surface area contributed by atoms with Crippen LogP contribution in [-0.4, -0.2) is 0 Å². The zero-order valence-corrected chi connectivity index (χ0v) is 20.1. The van der Waals surface area contributed by atoms with Crippen molar-refractivity contribution < 1.29 is 0 Å². The van der Waals surface area contributed by atoms with E-state index in [1.807, 2.05) is 0 Å². The minimum Gasteiger partial charge on any atom is -0.0625 e. The van der Waals surface area contributed by atoms with E-state index in [-0.39, 0.29) is 0 Å². The summed E-state index contributed by atoms with van der Waals surface area (Å²) in [6.07, 6.45) is 18.4. The lowest BCUT2D eigenvalue weighted by Gasteiger charge is -2.61. The van der Waals surface area contributed by atoms with E-state index >= 15 is 0 Å². The largest absolute Gasteiger partial charge is 0.0625 e. The highest BCUT2D eigenvalue weighted by atomic mass is 14.6. The molecule has 0 unspecified atom stereocenters. The lowest BCUT2D eigenvalue weighted by Crippen LogP contribution is -2.53. The Morgan fingerprint density at radius 3 is 2.21 bits per heavy atom. The molecule has 4 aliphatic carbocycles. The maximum absolute atomic E-state index is 2.75. The summed E-state index contributed by atoms with van der Waals surface area (Å²) in [5, 5.41) is 0. The second kappa shape index (κ2) is 7.92. The average molecular weight is 387 g/mol. The molecule has 0 aromatic carbocycles. The zero-order chi connectivity index (χ0) is 20.1. The molecule has 4 saturated carbocycles. The van der Waals surface area contributed by atoms with E-state index in [1.165, 1.54) is 25.7 Å². The van der Waals surface area contributed by atoms with E-state index in [4.69, 9.17) is 0 Å². The van der Waals surface area contributed by atoms with Crippen molar-refractivity contribution in [3.8, 4) is 0 Å². The third-order valence-corrected chi connectivity index (χ3v) is 11.6. The van der Waals surface area contributed by atoms with E-state index in [1.54, 1.807) is 51.4 Å². The monoisotopic (exact) mass is 386 g/mol. The number of hydrogen-bond acceptors (Lipinski definition) is 0. The van der Waals surface area contributed by atoms with Crippen LogP contribution in [0.5, 0.6) is 0 Å². The molecule has 0 heterocycles. The van der Waals surface area contributed by atoms with Crippen LogP contribution < -0.4 is 0 Å². The molecule has 4 rings (SSSR count). The van der Waals surface area contributed by atoms with Gasteiger partial charge in [0.25, 0.3) is 0 Å². The summed E-state index contributed by atoms with van der Waals surface area (Å²) in [6.45, 7) is 15.4. The van der Waals surface area contributed by atoms with Crippen molar-refractivity contribution in [2.45, 2.75) is 119 Å². The van der Waals surface area contributed by atoms with E-state index in [0.29, 0.717) is 10.8 Å². The van der Waals surface area contributed by atoms with Crippen molar-refractivity contribution in [2.24, 2.45) is 58.2 Å². The molecule has 162 valence electrons. The highest BCUT2D eigenvalue weighted by Gasteiger charge is 2.60. The Hall–Kier alpha value is 0. The van der Waals surface area contributed by atoms with Crippen LogP contribution in [0.2, 0.25) is 0 Å². The fraction of sp³-hybridized carbons (Fsp3) is 1.00. The molecule has 0 aromatic rings. The lowest BCUT2D eigenvalue weighted by molar-refractivity contribution is -0.114. The molecule has 9 atom stereocenters. The Morgan fingerprint density at radius 2 is 1.46 bits per heavy atom. The van der Waals surface area contributed by atoms with Gasteiger partial charge in [0, 0.05) is 0 Å². The predicted octanol–water partition coefficient (Wildman–Crippen LogP) is 8.74. The SMILES string of the molecule is CC(C)[C@@H](C)CC[C@@H](C)[C@H]1CC[C@@H]2[C@@H]3CC[C@H]4CCCC[C@]4(C)[C@H]3CC[C@@]21C. The first-order chi connectivity index (χ1) is 13.3. The van der Waals surface area contributed by atoms with E-state index in [9.17, 15) is 0 Å². The first kappa shape index (κ1) is 21.2. The molecule has 0 amide bonds. The van der Waals surface area contributed by atoms with Crippen LogP contribution in [0.4, 0.5) is 0 Å². The summed E-state index contributed by atoms with van der Waals surface area (Å²) in [7, 11) is 0. The van der Waals surface area contributed by atoms with Gasteiger partial charge in [-0.1, -0.05) is 67.2 Å². The summed E-state index contributed by atoms with van der Waals surface area (Å²) >= 11 is 0. The van der Waals surface area contributed by atoms with E-state index < -0.39 is 0 Å². The molecular weight excluding hydrogens is 336 g/mol. The summed E-state index contributed by atoms with van der Waals surface area (Å²) < 4.78 is 0. The molecule has 4 fully saturated rings. The minimum absolute atomic E-state index is 0.666. The fourth-order valence-corrected chi connectivity index (χ4v) is 9.33. The Labute approximate surface area is 177 Å². The van der Waals surface area contributed by atoms with Gasteiger partial charge in [-0.25, -0.2) is 0 Å². The Morgan fingerprint density at radius 1 is 0.714 bits per heavy atom. The smallest absolute Gasteiger partial charge is 0.0264 e. The van der Waals surface area contributed by atoms with Crippen molar-refractivity contribution in [1.82, 2.24) is 0 Å². The highest BCUT2D eigenvalue weighted by molar-refractivity contribution is 5.09. The molecule has 0 bridgehead atoms. The second-order valence-electron chi connectivity index (χ2n) is 12.9. The van der Waals surface area contributed by atoms with Crippen molar-refractivity contribution in [3.05, 3.63) is 0 Å². The van der Waals surface area contributed by atoms with Gasteiger partial charge in [-0.15, -0.1) is 0 Å². The van der Waals surface area contributed by atoms with Gasteiger partial charge in [0.15, 0.2) is 0 Å². The Balaban J connectivity index is 1.46. The van der Waals surface area contributed by atoms with Crippen LogP contribution in [0.25, 0.3) is 0 Å². The van der Waals surface area contributed by atoms with E-state index in [0.717, 1.165) is 47.3 Å². The van der Waals surface area contributed by atoms with Crippen molar-refractivity contribution in [2.75, 3.05) is 0 Å². The molecule has 0 aromatic heterocycles. The topological polar surface area (TPSA) is 0 Å². The van der Waals surface area contributed by atoms with Gasteiger partial charge >= 0.3 is 0 Å². The normalized spacial score (nSPS) is 47.9. The summed E-state index contributed by atoms with van der Waals surface area (Å²) in [4.78, 5) is 0. The number of rotatable bonds is 5. The van der Waals surface area contributed by atoms with Crippen LogP contribution in [0.3, 0.4) is 0 Å². The van der Waals surface area contributed by atoms with Gasteiger partial charge in [-0.05, 0) is 110 Å². The molecule has 0 spiro atoms. The van der Waals surface area contributed by atoms with Gasteiger partial charge in [0.2, 0.25) is 0 Å². The molecule has 0 saturated heterocycles. The van der Waals surface area contributed by atoms with Gasteiger partial charge < -0.3 is 0 Å². The van der Waals surface area contributed by atoms with Crippen molar-refractivity contribution in [3.63, 3.8) is 0 Å². The molecule has 0 N–H and O–H groups in total. The first-order valence-corrected chi connectivity index (χ1v) is 13.3. The van der Waals surface area contributed by atoms with Gasteiger partial charge in [0.1, 0.15) is 0 Å². The second-order valence-corrected chi connectivity index (χ2v) is 12.9. The van der Waals surface area contributed by atoms with Gasteiger partial charge in [-0.3, -0.25) is 0 Å². The highest BCUT2D eigenvalue weighted by Crippen LogP contribution is 2.68. The molecule has 28 heavy (non-hydrogen) atoms. The predicted molar refractivity (Wildman–Crippen MR) is 122 cm³/mol. The summed E-state index contributed by atoms with van der Waals surface area (Å²) in [6, 6.07) is 0. The van der Waals surface area contributed by atoms with E-state index in [2.05, 4.69) is 41.5 Å². The first-order valence-electron chi connectivity index (χ1n) is 13.3. The molecule has 0 heteroatoms. The zero-order valence-electron chi connectivity index (χ0n) is 20.1. The van der Waals surface area contributed by atoms with Crippen molar-refractivity contribution >= 4 is 0 Å². The fourth-order valence-electron chi connectivity index (χ4n) is 9.33.